The first-order chi connectivity index (χ1) is 15.2. The molecular weight excluding hydrogens is 436 g/mol. The molecule has 2 heterocycles. The van der Waals surface area contributed by atoms with Gasteiger partial charge in [-0.05, 0) is 63.1 Å². The first kappa shape index (κ1) is 25.2. The second-order valence-corrected chi connectivity index (χ2v) is 7.73. The van der Waals surface area contributed by atoms with Crippen LogP contribution in [0.5, 0.6) is 17.4 Å². The van der Waals surface area contributed by atoms with Crippen molar-refractivity contribution in [2.24, 2.45) is 5.92 Å². The highest BCUT2D eigenvalue weighted by atomic mass is 35.5. The molecule has 1 saturated heterocycles. The molecule has 1 aliphatic rings. The van der Waals surface area contributed by atoms with Gasteiger partial charge in [0.05, 0.1) is 11.6 Å². The van der Waals surface area contributed by atoms with Gasteiger partial charge in [-0.2, -0.15) is 0 Å². The van der Waals surface area contributed by atoms with Gasteiger partial charge >= 0.3 is 11.9 Å². The third-order valence-electron chi connectivity index (χ3n) is 4.50. The number of ether oxygens (including phenoxy) is 2. The maximum absolute atomic E-state index is 9.55. The number of aryl methyl sites for hydroxylation is 2. The molecule has 0 aliphatic carbocycles. The van der Waals surface area contributed by atoms with Crippen molar-refractivity contribution in [1.29, 1.82) is 0 Å². The predicted molar refractivity (Wildman–Crippen MR) is 121 cm³/mol. The molecule has 1 fully saturated rings. The Bertz CT molecular complexity index is 941. The van der Waals surface area contributed by atoms with Gasteiger partial charge in [0.15, 0.2) is 5.75 Å². The van der Waals surface area contributed by atoms with E-state index in [2.05, 4.69) is 10.3 Å². The molecule has 1 aromatic heterocycles. The van der Waals surface area contributed by atoms with E-state index >= 15 is 0 Å². The molecule has 0 unspecified atom stereocenters. The zero-order valence-corrected chi connectivity index (χ0v) is 18.8. The molecule has 172 valence electrons. The van der Waals surface area contributed by atoms with Crippen molar-refractivity contribution in [3.05, 3.63) is 58.8 Å². The summed E-state index contributed by atoms with van der Waals surface area (Å²) in [6.45, 7) is 6.68. The van der Waals surface area contributed by atoms with E-state index in [4.69, 9.17) is 31.3 Å². The average Bonchev–Trinajstić information content (AvgIpc) is 2.75. The molecule has 32 heavy (non-hydrogen) atoms. The Kier molecular flexibility index (Phi) is 9.97. The summed E-state index contributed by atoms with van der Waals surface area (Å²) in [4.78, 5) is 23.6. The summed E-state index contributed by atoms with van der Waals surface area (Å²) in [6, 6.07) is 9.54. The van der Waals surface area contributed by atoms with Crippen LogP contribution >= 0.6 is 11.6 Å². The van der Waals surface area contributed by atoms with Crippen molar-refractivity contribution in [1.82, 2.24) is 10.3 Å². The Hall–Kier alpha value is -3.10. The number of carbonyl (C=O) groups is 2. The summed E-state index contributed by atoms with van der Waals surface area (Å²) in [5, 5.41) is 19.6. The number of carboxylic acids is 2. The van der Waals surface area contributed by atoms with E-state index in [0.717, 1.165) is 24.3 Å². The van der Waals surface area contributed by atoms with Gasteiger partial charge in [-0.3, -0.25) is 0 Å². The van der Waals surface area contributed by atoms with Crippen LogP contribution in [0.2, 0.25) is 5.02 Å². The number of hydrogen-bond donors (Lipinski definition) is 3. The zero-order valence-electron chi connectivity index (χ0n) is 18.0. The summed E-state index contributed by atoms with van der Waals surface area (Å²) in [5.74, 6) is -0.285. The number of rotatable bonds is 7. The zero-order chi connectivity index (χ0) is 23.5. The number of aromatic nitrogens is 1. The van der Waals surface area contributed by atoms with Crippen molar-refractivity contribution in [3.8, 4) is 17.4 Å². The maximum Gasteiger partial charge on any atom is 0.328 e. The fourth-order valence-corrected chi connectivity index (χ4v) is 3.19. The molecule has 3 rings (SSSR count). The van der Waals surface area contributed by atoms with Crippen molar-refractivity contribution in [3.63, 3.8) is 0 Å². The highest BCUT2D eigenvalue weighted by Crippen LogP contribution is 2.34. The molecule has 2 aromatic rings. The normalized spacial score (nSPS) is 15.5. The second kappa shape index (κ2) is 12.7. The van der Waals surface area contributed by atoms with Gasteiger partial charge in [-0.25, -0.2) is 14.6 Å². The minimum absolute atomic E-state index is 0.463. The lowest BCUT2D eigenvalue weighted by atomic mass is 10.0. The molecular formula is C23H27ClN2O6. The van der Waals surface area contributed by atoms with Gasteiger partial charge in [-0.1, -0.05) is 17.7 Å². The number of aliphatic carboxylic acids is 2. The van der Waals surface area contributed by atoms with E-state index in [1.165, 1.54) is 12.8 Å². The van der Waals surface area contributed by atoms with Gasteiger partial charge < -0.3 is 25.0 Å². The van der Waals surface area contributed by atoms with Gasteiger partial charge in [0.2, 0.25) is 0 Å². The molecule has 0 saturated carbocycles. The number of benzene rings is 1. The average molecular weight is 463 g/mol. The summed E-state index contributed by atoms with van der Waals surface area (Å²) >= 11 is 6.27. The minimum atomic E-state index is -1.26. The predicted octanol–water partition coefficient (Wildman–Crippen LogP) is 4.23. The van der Waals surface area contributed by atoms with Crippen LogP contribution in [-0.4, -0.2) is 46.8 Å². The Balaban J connectivity index is 0.000000390. The molecule has 9 heteroatoms. The second-order valence-electron chi connectivity index (χ2n) is 7.33. The third-order valence-corrected chi connectivity index (χ3v) is 4.80. The van der Waals surface area contributed by atoms with Crippen LogP contribution in [0.15, 0.2) is 42.5 Å². The Labute approximate surface area is 191 Å². The van der Waals surface area contributed by atoms with Crippen molar-refractivity contribution in [2.45, 2.75) is 26.7 Å². The number of nitrogens with zero attached hydrogens (tertiary/aromatic N) is 1. The SMILES string of the molecule is Cc1ccc(Oc2nc(C)ccc2OC[C@H]2CCCNC2)c(Cl)c1.O=C(O)/C=C/C(=O)O. The lowest BCUT2D eigenvalue weighted by Gasteiger charge is -2.23. The molecule has 0 bridgehead atoms. The Morgan fingerprint density at radius 3 is 2.44 bits per heavy atom. The molecule has 0 spiro atoms. The largest absolute Gasteiger partial charge is 0.488 e. The number of piperidine rings is 1. The number of carboxylic acid groups (broad SMARTS) is 2. The fraction of sp³-hybridized carbons (Fsp3) is 0.348. The maximum atomic E-state index is 9.55. The lowest BCUT2D eigenvalue weighted by molar-refractivity contribution is -0.134. The van der Waals surface area contributed by atoms with Crippen LogP contribution in [0.1, 0.15) is 24.1 Å². The van der Waals surface area contributed by atoms with Gasteiger partial charge in [0, 0.05) is 30.3 Å². The summed E-state index contributed by atoms with van der Waals surface area (Å²) in [5.41, 5.74) is 1.96. The van der Waals surface area contributed by atoms with E-state index in [1.54, 1.807) is 0 Å². The van der Waals surface area contributed by atoms with Crippen molar-refractivity contribution < 1.29 is 29.3 Å². The van der Waals surface area contributed by atoms with Crippen molar-refractivity contribution >= 4 is 23.5 Å². The molecule has 1 aromatic carbocycles. The van der Waals surface area contributed by atoms with Crippen LogP contribution in [0.4, 0.5) is 0 Å². The first-order valence-electron chi connectivity index (χ1n) is 10.1. The molecule has 3 N–H and O–H groups in total. The topological polar surface area (TPSA) is 118 Å². The fourth-order valence-electron chi connectivity index (χ4n) is 2.91. The molecule has 1 atom stereocenters. The third kappa shape index (κ3) is 8.95. The Morgan fingerprint density at radius 1 is 1.16 bits per heavy atom. The quantitative estimate of drug-likeness (QED) is 0.523. The smallest absolute Gasteiger partial charge is 0.328 e. The first-order valence-corrected chi connectivity index (χ1v) is 10.5. The molecule has 0 amide bonds. The minimum Gasteiger partial charge on any atom is -0.488 e. The Morgan fingerprint density at radius 2 is 1.84 bits per heavy atom. The molecule has 8 nitrogen and oxygen atoms in total. The van der Waals surface area contributed by atoms with E-state index in [1.807, 2.05) is 44.2 Å². The van der Waals surface area contributed by atoms with Crippen LogP contribution in [0, 0.1) is 19.8 Å². The van der Waals surface area contributed by atoms with E-state index in [-0.39, 0.29) is 0 Å². The van der Waals surface area contributed by atoms with Gasteiger partial charge in [0.1, 0.15) is 5.75 Å². The number of halogens is 1. The van der Waals surface area contributed by atoms with Gasteiger partial charge in [-0.15, -0.1) is 0 Å². The van der Waals surface area contributed by atoms with E-state index < -0.39 is 11.9 Å². The monoisotopic (exact) mass is 462 g/mol. The number of nitrogens with one attached hydrogen (secondary N) is 1. The van der Waals surface area contributed by atoms with E-state index in [9.17, 15) is 9.59 Å². The summed E-state index contributed by atoms with van der Waals surface area (Å²) in [6.07, 6.45) is 3.50. The van der Waals surface area contributed by atoms with Crippen LogP contribution in [-0.2, 0) is 9.59 Å². The highest BCUT2D eigenvalue weighted by Gasteiger charge is 2.16. The van der Waals surface area contributed by atoms with Crippen LogP contribution in [0.25, 0.3) is 0 Å². The highest BCUT2D eigenvalue weighted by molar-refractivity contribution is 6.32. The van der Waals surface area contributed by atoms with Crippen LogP contribution in [0.3, 0.4) is 0 Å². The lowest BCUT2D eigenvalue weighted by Crippen LogP contribution is -2.33. The molecule has 0 radical (unpaired) electrons. The van der Waals surface area contributed by atoms with Crippen molar-refractivity contribution in [2.75, 3.05) is 19.7 Å². The summed E-state index contributed by atoms with van der Waals surface area (Å²) in [7, 11) is 0. The van der Waals surface area contributed by atoms with E-state index in [0.29, 0.717) is 47.1 Å². The van der Waals surface area contributed by atoms with Crippen LogP contribution < -0.4 is 14.8 Å². The summed E-state index contributed by atoms with van der Waals surface area (Å²) < 4.78 is 11.9. The molecule has 1 aliphatic heterocycles. The number of hydrogen-bond acceptors (Lipinski definition) is 6. The van der Waals surface area contributed by atoms with Gasteiger partial charge in [0.25, 0.3) is 5.88 Å². The number of pyridine rings is 1. The standard InChI is InChI=1S/C19H23ClN2O2.C4H4O4/c1-13-5-7-17(16(20)10-13)24-19-18(8-6-14(2)22-19)23-12-15-4-3-9-21-11-15;5-3(6)1-2-4(7)8/h5-8,10,15,21H,3-4,9,11-12H2,1-2H3;1-2H,(H,5,6)(H,7,8)/b;2-1+/t15-;/m0./s1.